The summed E-state index contributed by atoms with van der Waals surface area (Å²) in [6.07, 6.45) is 6.68. The molecule has 4 aliphatic heterocycles. The second kappa shape index (κ2) is 38.6. The highest BCUT2D eigenvalue weighted by atomic mass is 35.5. The molecule has 0 saturated carbocycles. The Bertz CT molecular complexity index is 7910. The van der Waals surface area contributed by atoms with Gasteiger partial charge in [0.2, 0.25) is 0 Å². The molecule has 7 N–H and O–H groups in total. The number of aryl methyl sites for hydroxylation is 3. The molecule has 0 bridgehead atoms. The number of fused-ring (bicyclic) bond motifs is 4. The van der Waals surface area contributed by atoms with Gasteiger partial charge in [0.15, 0.2) is 17.5 Å². The molecule has 38 heteroatoms. The van der Waals surface area contributed by atoms with Crippen LogP contribution in [0.15, 0.2) is 279 Å². The molecule has 29 nitrogen and oxygen atoms in total. The van der Waals surface area contributed by atoms with E-state index in [0.29, 0.717) is 135 Å². The van der Waals surface area contributed by atoms with Gasteiger partial charge in [0.25, 0.3) is 23.6 Å². The van der Waals surface area contributed by atoms with E-state index in [0.717, 1.165) is 65.6 Å². The predicted molar refractivity (Wildman–Crippen MR) is 523 cm³/mol. The molecule has 135 heavy (non-hydrogen) atoms. The minimum Gasteiger partial charge on any atom is -0.322 e. The average molecular weight is 1930 g/mol. The number of hydrogen-bond donors (Lipinski definition) is 7. The van der Waals surface area contributed by atoms with Crippen LogP contribution in [0.4, 0.5) is 58.7 Å². The first kappa shape index (κ1) is 92.3. The molecule has 4 aliphatic rings. The largest absolute Gasteiger partial charge is 0.322 e. The van der Waals surface area contributed by atoms with Crippen LogP contribution in [0.5, 0.6) is 0 Å². The quantitative estimate of drug-likeness (QED) is 0.0472. The fraction of sp³-hybridized carbons (Fsp3) is 0.124. The molecule has 0 aliphatic carbocycles. The van der Waals surface area contributed by atoms with Crippen LogP contribution in [0.3, 0.4) is 0 Å². The molecule has 11 aromatic carbocycles. The smallest absolute Gasteiger partial charge is 0.303 e. The van der Waals surface area contributed by atoms with E-state index < -0.39 is 64.2 Å². The number of rotatable bonds is 16. The summed E-state index contributed by atoms with van der Waals surface area (Å²) >= 11 is 8.03. The summed E-state index contributed by atoms with van der Waals surface area (Å²) in [4.78, 5) is 73.9. The van der Waals surface area contributed by atoms with Gasteiger partial charge in [-0.1, -0.05) is 84.4 Å². The molecular weight excluding hydrogens is 1850 g/mol. The zero-order chi connectivity index (χ0) is 94.8. The van der Waals surface area contributed by atoms with E-state index in [2.05, 4.69) is 60.4 Å². The Balaban J connectivity index is 0.000000125. The highest BCUT2D eigenvalue weighted by Crippen LogP contribution is 2.40. The van der Waals surface area contributed by atoms with Crippen LogP contribution in [-0.4, -0.2) is 146 Å². The lowest BCUT2D eigenvalue weighted by Gasteiger charge is -2.19. The lowest BCUT2D eigenvalue weighted by molar-refractivity contribution is 0.101. The molecular formula is C97H81ClF3N17O12S5. The number of carbonyl (C=O) groups excluding carboxylic acids is 4. The van der Waals surface area contributed by atoms with Crippen molar-refractivity contribution in [1.82, 2.24) is 43.4 Å². The highest BCUT2D eigenvalue weighted by molar-refractivity contribution is 7.92. The summed E-state index contributed by atoms with van der Waals surface area (Å²) in [5.41, 5.74) is 11.6. The van der Waals surface area contributed by atoms with Gasteiger partial charge in [-0.15, -0.1) is 11.3 Å². The number of aromatic nitrogens is 5. The fourth-order valence-corrected chi connectivity index (χ4v) is 21.9. The van der Waals surface area contributed by atoms with Crippen LogP contribution < -0.4 is 52.7 Å². The molecule has 0 atom stereocenters. The number of nitrogens with zero attached hydrogens (tertiary/aromatic N) is 10. The van der Waals surface area contributed by atoms with Gasteiger partial charge in [-0.25, -0.2) is 23.1 Å². The van der Waals surface area contributed by atoms with Crippen LogP contribution in [0, 0.1) is 38.2 Å². The maximum atomic E-state index is 14.8. The van der Waals surface area contributed by atoms with E-state index in [1.165, 1.54) is 70.2 Å². The van der Waals surface area contributed by atoms with E-state index in [1.807, 2.05) is 109 Å². The van der Waals surface area contributed by atoms with E-state index in [4.69, 9.17) is 11.6 Å². The number of amides is 4. The number of pyridine rings is 3. The van der Waals surface area contributed by atoms with Crippen molar-refractivity contribution in [1.29, 1.82) is 0 Å². The second-order valence-corrected chi connectivity index (χ2v) is 39.8. The first-order valence-electron chi connectivity index (χ1n) is 42.0. The number of para-hydroxylation sites is 1. The summed E-state index contributed by atoms with van der Waals surface area (Å²) in [7, 11) is -12.6. The molecule has 4 fully saturated rings. The maximum absolute atomic E-state index is 14.8. The van der Waals surface area contributed by atoms with Gasteiger partial charge >= 0.3 is 40.8 Å². The third kappa shape index (κ3) is 19.8. The molecule has 684 valence electrons. The molecule has 16 aromatic rings. The number of benzene rings is 11. The Labute approximate surface area is 783 Å². The number of carbonyl (C=O) groups is 4. The summed E-state index contributed by atoms with van der Waals surface area (Å²) in [6, 6.07) is 70.0. The summed E-state index contributed by atoms with van der Waals surface area (Å²) in [5, 5.41) is 19.0. The number of nitrogens with one attached hydrogen (secondary N) is 7. The Hall–Kier alpha value is -14.5. The van der Waals surface area contributed by atoms with E-state index in [1.54, 1.807) is 154 Å². The van der Waals surface area contributed by atoms with Crippen molar-refractivity contribution in [2.45, 2.75) is 20.8 Å². The van der Waals surface area contributed by atoms with Crippen LogP contribution in [-0.2, 0) is 40.8 Å². The Morgan fingerprint density at radius 1 is 0.393 bits per heavy atom. The topological polar surface area (TPSA) is 370 Å². The number of halogens is 4. The summed E-state index contributed by atoms with van der Waals surface area (Å²) < 4.78 is 156. The van der Waals surface area contributed by atoms with Crippen molar-refractivity contribution >= 4 is 175 Å². The molecule has 0 radical (unpaired) electrons. The number of anilines is 8. The molecule has 9 heterocycles. The van der Waals surface area contributed by atoms with Crippen molar-refractivity contribution in [3.8, 4) is 45.2 Å². The van der Waals surface area contributed by atoms with Crippen molar-refractivity contribution in [3.63, 3.8) is 0 Å². The van der Waals surface area contributed by atoms with E-state index in [9.17, 15) is 66.0 Å². The van der Waals surface area contributed by atoms with Crippen molar-refractivity contribution in [3.05, 3.63) is 340 Å². The Morgan fingerprint density at radius 2 is 0.844 bits per heavy atom. The van der Waals surface area contributed by atoms with Gasteiger partial charge in [-0.05, 0) is 229 Å². The van der Waals surface area contributed by atoms with E-state index >= 15 is 0 Å². The van der Waals surface area contributed by atoms with Crippen LogP contribution in [0.2, 0.25) is 5.02 Å². The summed E-state index contributed by atoms with van der Waals surface area (Å²) in [6.45, 7) is 8.29. The van der Waals surface area contributed by atoms with Crippen molar-refractivity contribution in [2.75, 3.05) is 97.9 Å². The Kier molecular flexibility index (Phi) is 26.4. The maximum Gasteiger partial charge on any atom is 0.303 e. The third-order valence-electron chi connectivity index (χ3n) is 22.7. The number of hydrogen-bond acceptors (Lipinski definition) is 18. The van der Waals surface area contributed by atoms with Crippen molar-refractivity contribution < 1.29 is 66.0 Å². The molecule has 4 saturated heterocycles. The van der Waals surface area contributed by atoms with Gasteiger partial charge in [-0.3, -0.25) is 51.4 Å². The average Bonchev–Trinajstić information content (AvgIpc) is 1.46. The van der Waals surface area contributed by atoms with Gasteiger partial charge in [0.05, 0.1) is 55.1 Å². The monoisotopic (exact) mass is 1930 g/mol. The molecule has 20 rings (SSSR count). The van der Waals surface area contributed by atoms with Crippen LogP contribution in [0.25, 0.3) is 87.7 Å². The SMILES string of the molecule is Cc1cc(N2CCN(C)S2(=O)=O)ccc1C(=O)Nc1ccc(C)c(-c2ncc3ccccc3n2)c1.Cc1cc(N2CCNS2(=O)=O)ccc1C(=O)Nc1ccc(F)c(-c2nccc3ccccc23)c1.O=C(Nc1cc(F)c(F)c(-c2nccc3ccccc23)c1)c1ccc(N2CCNS2(=O)=O)cc1.O=C(Nc1ccc(Cl)c(-c2nccc3ccsc23)c1)c1ccc(N2CCNS2(=O)=O)cc1. The van der Waals surface area contributed by atoms with Gasteiger partial charge in [0.1, 0.15) is 5.82 Å². The molecule has 4 amide bonds. The van der Waals surface area contributed by atoms with Crippen LogP contribution >= 0.6 is 22.9 Å². The lowest BCUT2D eigenvalue weighted by Crippen LogP contribution is -2.30. The fourth-order valence-electron chi connectivity index (χ4n) is 15.8. The zero-order valence-corrected chi connectivity index (χ0v) is 77.0. The Morgan fingerprint density at radius 3 is 1.38 bits per heavy atom. The zero-order valence-electron chi connectivity index (χ0n) is 72.1. The molecule has 0 unspecified atom stereocenters. The summed E-state index contributed by atoms with van der Waals surface area (Å²) in [5.74, 6) is -3.56. The minimum absolute atomic E-state index is 0.0593. The molecule has 0 spiro atoms. The van der Waals surface area contributed by atoms with Gasteiger partial charge in [-0.2, -0.15) is 52.1 Å². The normalized spacial score (nSPS) is 15.1. The number of likely N-dealkylation sites (N-methyl/N-ethyl adjacent to an activating group) is 1. The first-order chi connectivity index (χ1) is 64.8. The number of thiophene rings is 1. The lowest BCUT2D eigenvalue weighted by atomic mass is 10.0. The van der Waals surface area contributed by atoms with Gasteiger partial charge < -0.3 is 21.3 Å². The van der Waals surface area contributed by atoms with Crippen LogP contribution in [0.1, 0.15) is 58.1 Å². The second-order valence-electron chi connectivity index (χ2n) is 31.5. The third-order valence-corrected chi connectivity index (χ3v) is 30.5. The van der Waals surface area contributed by atoms with Gasteiger partial charge in [0, 0.05) is 174 Å². The first-order valence-corrected chi connectivity index (χ1v) is 48.9. The standard InChI is InChI=1S/C26H25N5O3S.C25H21FN4O3S.C24H18F2N4O3S.C22H17ClN4O3S2/c1-17-8-9-20(15-23(17)25-27-16-19-6-4-5-7-24(19)29-25)28-26(32)22-11-10-21(14-18(22)2)31-13-12-30(3)35(31,33)34;1-16-14-19(30-13-12-28-34(30,32)33)7-8-20(16)25(31)29-18-6-9-23(26)22(15-18)24-21-5-3-2-4-17(21)10-11-27-24;25-21-14-17(13-20(22(21)26)23-19-4-2-1-3-15(19)9-10-27-23)29-24(31)16-5-7-18(8-6-16)30-12-11-28-34(30,32)33;23-19-6-3-16(13-18(19)20-21-14(7-9-24-20)8-12-31-21)26-22(28)15-1-4-17(5-2-15)27-11-10-25-32(27,29)30/h4-11,14-16H,12-13H2,1-3H3,(H,28,32);2-11,14-15,28H,12-13H2,1H3,(H,29,31);1-10,13-14,28H,11-12H2,(H,29,31);1-9,12-13,25H,10-11H2,(H,26,28). The predicted octanol–water partition coefficient (Wildman–Crippen LogP) is 17.0. The van der Waals surface area contributed by atoms with Crippen molar-refractivity contribution in [2.24, 2.45) is 0 Å². The minimum atomic E-state index is -3.58. The molecule has 5 aromatic heterocycles. The van der Waals surface area contributed by atoms with E-state index in [-0.39, 0.29) is 52.3 Å². The highest BCUT2D eigenvalue weighted by Gasteiger charge is 2.36.